The van der Waals surface area contributed by atoms with E-state index < -0.39 is 29.2 Å². The Kier molecular flexibility index (Phi) is 5.40. The van der Waals surface area contributed by atoms with Crippen LogP contribution in [0.5, 0.6) is 0 Å². The van der Waals surface area contributed by atoms with Crippen LogP contribution in [0.4, 0.5) is 23.7 Å². The van der Waals surface area contributed by atoms with E-state index in [1.54, 1.807) is 0 Å². The van der Waals surface area contributed by atoms with Crippen molar-refractivity contribution < 1.29 is 32.2 Å². The molecular weight excluding hydrogens is 303 g/mol. The number of anilines is 1. The molecule has 122 valence electrons. The zero-order valence-electron chi connectivity index (χ0n) is 12.3. The van der Waals surface area contributed by atoms with E-state index in [1.807, 2.05) is 0 Å². The summed E-state index contributed by atoms with van der Waals surface area (Å²) in [6.45, 7) is 2.75. The largest absolute Gasteiger partial charge is 0.469 e. The Bertz CT molecular complexity index is 555. The van der Waals surface area contributed by atoms with Crippen LogP contribution in [0.2, 0.25) is 0 Å². The van der Waals surface area contributed by atoms with Gasteiger partial charge in [-0.15, -0.1) is 0 Å². The molecule has 0 unspecified atom stereocenters. The van der Waals surface area contributed by atoms with E-state index >= 15 is 0 Å². The predicted molar refractivity (Wildman–Crippen MR) is 72.2 cm³/mol. The molecule has 0 saturated carbocycles. The molecule has 0 aliphatic rings. The van der Waals surface area contributed by atoms with Crippen LogP contribution in [-0.2, 0) is 20.4 Å². The van der Waals surface area contributed by atoms with Crippen LogP contribution in [0.15, 0.2) is 24.3 Å². The van der Waals surface area contributed by atoms with E-state index in [4.69, 9.17) is 4.74 Å². The number of nitrogens with one attached hydrogen (secondary N) is 1. The molecule has 0 saturated heterocycles. The van der Waals surface area contributed by atoms with Crippen molar-refractivity contribution >= 4 is 17.7 Å². The van der Waals surface area contributed by atoms with Gasteiger partial charge in [0.1, 0.15) is 6.61 Å². The number of methoxy groups -OCH3 is 1. The zero-order valence-corrected chi connectivity index (χ0v) is 12.3. The first-order valence-corrected chi connectivity index (χ1v) is 6.26. The lowest BCUT2D eigenvalue weighted by atomic mass is 9.95. The minimum Gasteiger partial charge on any atom is -0.469 e. The summed E-state index contributed by atoms with van der Waals surface area (Å²) in [5, 5.41) is 2.17. The summed E-state index contributed by atoms with van der Waals surface area (Å²) in [7, 11) is 1.20. The number of esters is 1. The maximum atomic E-state index is 12.5. The minimum absolute atomic E-state index is 0.0595. The summed E-state index contributed by atoms with van der Waals surface area (Å²) < 4.78 is 47.0. The average molecular weight is 319 g/mol. The summed E-state index contributed by atoms with van der Waals surface area (Å²) in [6, 6.07) is 4.13. The highest BCUT2D eigenvalue weighted by atomic mass is 19.4. The molecule has 0 radical (unpaired) electrons. The van der Waals surface area contributed by atoms with Gasteiger partial charge in [-0.25, -0.2) is 4.79 Å². The van der Waals surface area contributed by atoms with Crippen LogP contribution in [0.1, 0.15) is 19.4 Å². The highest BCUT2D eigenvalue weighted by Crippen LogP contribution is 2.30. The molecule has 1 rings (SSSR count). The third-order valence-electron chi connectivity index (χ3n) is 2.74. The van der Waals surface area contributed by atoms with Crippen molar-refractivity contribution in [2.24, 2.45) is 5.41 Å². The number of alkyl halides is 3. The van der Waals surface area contributed by atoms with Gasteiger partial charge in [0.15, 0.2) is 0 Å². The lowest BCUT2D eigenvalue weighted by Gasteiger charge is -2.21. The van der Waals surface area contributed by atoms with Gasteiger partial charge in [0.2, 0.25) is 0 Å². The maximum Gasteiger partial charge on any atom is 0.416 e. The fraction of sp³-hybridized carbons (Fsp3) is 0.429. The molecule has 1 aromatic rings. The first-order valence-electron chi connectivity index (χ1n) is 6.26. The lowest BCUT2D eigenvalue weighted by Crippen LogP contribution is -2.32. The molecule has 0 aromatic heterocycles. The summed E-state index contributed by atoms with van der Waals surface area (Å²) in [5.74, 6) is -0.570. The first-order chi connectivity index (χ1) is 10.1. The van der Waals surface area contributed by atoms with E-state index in [-0.39, 0.29) is 12.3 Å². The number of benzene rings is 1. The Morgan fingerprint density at radius 1 is 1.23 bits per heavy atom. The van der Waals surface area contributed by atoms with Gasteiger partial charge in [0, 0.05) is 5.69 Å². The van der Waals surface area contributed by atoms with Crippen molar-refractivity contribution in [3.8, 4) is 0 Å². The van der Waals surface area contributed by atoms with Gasteiger partial charge in [0.05, 0.1) is 18.1 Å². The molecule has 0 spiro atoms. The topological polar surface area (TPSA) is 64.6 Å². The van der Waals surface area contributed by atoms with Gasteiger partial charge >= 0.3 is 18.2 Å². The molecule has 1 aromatic carbocycles. The Balaban J connectivity index is 2.65. The molecule has 8 heteroatoms. The molecule has 1 amide bonds. The molecule has 1 N–H and O–H groups in total. The highest BCUT2D eigenvalue weighted by molar-refractivity contribution is 5.85. The molecule has 22 heavy (non-hydrogen) atoms. The molecule has 0 aliphatic carbocycles. The second kappa shape index (κ2) is 6.67. The van der Waals surface area contributed by atoms with Crippen molar-refractivity contribution in [3.05, 3.63) is 29.8 Å². The Hall–Kier alpha value is -2.25. The van der Waals surface area contributed by atoms with Crippen molar-refractivity contribution in [1.29, 1.82) is 0 Å². The summed E-state index contributed by atoms with van der Waals surface area (Å²) in [4.78, 5) is 23.0. The van der Waals surface area contributed by atoms with Crippen LogP contribution >= 0.6 is 0 Å². The Morgan fingerprint density at radius 2 is 1.86 bits per heavy atom. The standard InChI is InChI=1S/C14H16F3NO4/c1-13(2,11(19)21-3)8-22-12(20)18-10-6-4-5-9(7-10)14(15,16)17/h4-7H,8H2,1-3H3,(H,18,20). The van der Waals surface area contributed by atoms with Crippen LogP contribution in [0, 0.1) is 5.41 Å². The van der Waals surface area contributed by atoms with Crippen LogP contribution in [0.3, 0.4) is 0 Å². The molecule has 0 atom stereocenters. The fourth-order valence-electron chi connectivity index (χ4n) is 1.51. The SMILES string of the molecule is COC(=O)C(C)(C)COC(=O)Nc1cccc(C(F)(F)F)c1. The van der Waals surface area contributed by atoms with Crippen LogP contribution < -0.4 is 5.32 Å². The number of ether oxygens (including phenoxy) is 2. The highest BCUT2D eigenvalue weighted by Gasteiger charge is 2.31. The van der Waals surface area contributed by atoms with Crippen LogP contribution in [-0.4, -0.2) is 25.8 Å². The number of carbonyl (C=O) groups excluding carboxylic acids is 2. The molecule has 0 fully saturated rings. The van der Waals surface area contributed by atoms with E-state index in [0.29, 0.717) is 0 Å². The summed E-state index contributed by atoms with van der Waals surface area (Å²) in [5.41, 5.74) is -2.00. The minimum atomic E-state index is -4.51. The smallest absolute Gasteiger partial charge is 0.416 e. The van der Waals surface area contributed by atoms with Gasteiger partial charge in [-0.1, -0.05) is 6.07 Å². The molecule has 5 nitrogen and oxygen atoms in total. The Labute approximate surface area is 125 Å². The van der Waals surface area contributed by atoms with E-state index in [1.165, 1.54) is 27.0 Å². The number of rotatable bonds is 4. The van der Waals surface area contributed by atoms with Gasteiger partial charge in [-0.3, -0.25) is 10.1 Å². The molecule has 0 aliphatic heterocycles. The first kappa shape index (κ1) is 17.8. The number of amides is 1. The van der Waals surface area contributed by atoms with E-state index in [9.17, 15) is 22.8 Å². The number of hydrogen-bond donors (Lipinski definition) is 1. The lowest BCUT2D eigenvalue weighted by molar-refractivity contribution is -0.152. The number of hydrogen-bond acceptors (Lipinski definition) is 4. The van der Waals surface area contributed by atoms with E-state index in [0.717, 1.165) is 18.2 Å². The third-order valence-corrected chi connectivity index (χ3v) is 2.74. The maximum absolute atomic E-state index is 12.5. The van der Waals surface area contributed by atoms with Crippen LogP contribution in [0.25, 0.3) is 0 Å². The molecule has 0 heterocycles. The van der Waals surface area contributed by atoms with Crippen molar-refractivity contribution in [3.63, 3.8) is 0 Å². The monoisotopic (exact) mass is 319 g/mol. The summed E-state index contributed by atoms with van der Waals surface area (Å²) >= 11 is 0. The second-order valence-electron chi connectivity index (χ2n) is 5.16. The number of carbonyl (C=O) groups is 2. The normalized spacial score (nSPS) is 11.7. The van der Waals surface area contributed by atoms with Crippen molar-refractivity contribution in [2.45, 2.75) is 20.0 Å². The third kappa shape index (κ3) is 4.94. The van der Waals surface area contributed by atoms with Gasteiger partial charge in [0.25, 0.3) is 0 Å². The van der Waals surface area contributed by atoms with E-state index in [2.05, 4.69) is 10.1 Å². The van der Waals surface area contributed by atoms with Crippen molar-refractivity contribution in [1.82, 2.24) is 0 Å². The molecular formula is C14H16F3NO4. The second-order valence-corrected chi connectivity index (χ2v) is 5.16. The Morgan fingerprint density at radius 3 is 2.41 bits per heavy atom. The summed E-state index contributed by atoms with van der Waals surface area (Å²) in [6.07, 6.45) is -5.47. The quantitative estimate of drug-likeness (QED) is 0.863. The molecule has 0 bridgehead atoms. The van der Waals surface area contributed by atoms with Gasteiger partial charge in [-0.05, 0) is 32.0 Å². The predicted octanol–water partition coefficient (Wildman–Crippen LogP) is 3.45. The van der Waals surface area contributed by atoms with Crippen molar-refractivity contribution in [2.75, 3.05) is 19.0 Å². The zero-order chi connectivity index (χ0) is 17.0. The number of halogens is 3. The average Bonchev–Trinajstić information content (AvgIpc) is 2.43. The van der Waals surface area contributed by atoms with Gasteiger partial charge in [-0.2, -0.15) is 13.2 Å². The van der Waals surface area contributed by atoms with Gasteiger partial charge < -0.3 is 9.47 Å². The fourth-order valence-corrected chi connectivity index (χ4v) is 1.51.